The molecule has 0 unspecified atom stereocenters. The van der Waals surface area contributed by atoms with Crippen molar-refractivity contribution in [1.82, 2.24) is 0 Å². The number of benzene rings is 3. The fourth-order valence-electron chi connectivity index (χ4n) is 3.61. The van der Waals surface area contributed by atoms with Gasteiger partial charge in [-0.25, -0.2) is 8.42 Å². The Bertz CT molecular complexity index is 1180. The van der Waals surface area contributed by atoms with Crippen molar-refractivity contribution in [3.63, 3.8) is 0 Å². The van der Waals surface area contributed by atoms with E-state index in [-0.39, 0.29) is 10.8 Å². The van der Waals surface area contributed by atoms with Crippen LogP contribution in [0.2, 0.25) is 0 Å². The molecule has 0 saturated heterocycles. The van der Waals surface area contributed by atoms with Crippen LogP contribution in [0.5, 0.6) is 0 Å². The first kappa shape index (κ1) is 20.2. The highest BCUT2D eigenvalue weighted by Gasteiger charge is 2.29. The van der Waals surface area contributed by atoms with Crippen molar-refractivity contribution in [3.05, 3.63) is 89.0 Å². The van der Waals surface area contributed by atoms with E-state index in [2.05, 4.69) is 5.32 Å². The molecule has 0 aliphatic carbocycles. The molecule has 1 aliphatic rings. The summed E-state index contributed by atoms with van der Waals surface area (Å²) in [7, 11) is -3.67. The Morgan fingerprint density at radius 3 is 2.20 bits per heavy atom. The second-order valence-electron chi connectivity index (χ2n) is 7.66. The third-order valence-electron chi connectivity index (χ3n) is 5.34. The van der Waals surface area contributed by atoms with Crippen molar-refractivity contribution in [2.24, 2.45) is 0 Å². The largest absolute Gasteiger partial charge is 0.322 e. The minimum absolute atomic E-state index is 0.223. The lowest BCUT2D eigenvalue weighted by Gasteiger charge is -2.31. The summed E-state index contributed by atoms with van der Waals surface area (Å²) in [5.41, 5.74) is 4.81. The fraction of sp³-hybridized carbons (Fsp3) is 0.208. The maximum atomic E-state index is 13.3. The van der Waals surface area contributed by atoms with Crippen LogP contribution in [0.4, 0.5) is 11.4 Å². The zero-order chi connectivity index (χ0) is 21.3. The van der Waals surface area contributed by atoms with Crippen molar-refractivity contribution in [1.29, 1.82) is 0 Å². The number of anilines is 2. The van der Waals surface area contributed by atoms with Crippen LogP contribution >= 0.6 is 0 Å². The number of aryl methyl sites for hydroxylation is 3. The highest BCUT2D eigenvalue weighted by Crippen LogP contribution is 2.34. The van der Waals surface area contributed by atoms with Gasteiger partial charge in [0.25, 0.3) is 15.9 Å². The van der Waals surface area contributed by atoms with Crippen LogP contribution in [-0.4, -0.2) is 20.9 Å². The minimum Gasteiger partial charge on any atom is -0.322 e. The van der Waals surface area contributed by atoms with Crippen LogP contribution in [0, 0.1) is 13.8 Å². The molecule has 154 valence electrons. The summed E-state index contributed by atoms with van der Waals surface area (Å²) >= 11 is 0. The molecule has 0 spiro atoms. The Kier molecular flexibility index (Phi) is 5.35. The van der Waals surface area contributed by atoms with Gasteiger partial charge in [0.05, 0.1) is 10.6 Å². The van der Waals surface area contributed by atoms with Gasteiger partial charge < -0.3 is 5.32 Å². The number of hydrogen-bond acceptors (Lipinski definition) is 3. The molecular formula is C24H24N2O3S. The number of sulfonamides is 1. The van der Waals surface area contributed by atoms with Gasteiger partial charge in [0, 0.05) is 17.8 Å². The first-order valence-electron chi connectivity index (χ1n) is 9.95. The topological polar surface area (TPSA) is 66.5 Å². The molecule has 1 N–H and O–H groups in total. The molecule has 1 heterocycles. The summed E-state index contributed by atoms with van der Waals surface area (Å²) in [6.45, 7) is 4.31. The van der Waals surface area contributed by atoms with Crippen molar-refractivity contribution in [2.45, 2.75) is 31.6 Å². The summed E-state index contributed by atoms with van der Waals surface area (Å²) in [6, 6.07) is 19.7. The zero-order valence-corrected chi connectivity index (χ0v) is 17.9. The number of nitrogens with one attached hydrogen (secondary N) is 1. The van der Waals surface area contributed by atoms with Crippen molar-refractivity contribution in [2.75, 3.05) is 16.2 Å². The van der Waals surface area contributed by atoms with E-state index in [1.807, 2.05) is 38.1 Å². The number of carbonyl (C=O) groups excluding carboxylic acids is 1. The number of carbonyl (C=O) groups is 1. The predicted octanol–water partition coefficient (Wildman–Crippen LogP) is 4.70. The molecule has 3 aromatic carbocycles. The van der Waals surface area contributed by atoms with Crippen LogP contribution in [0.15, 0.2) is 71.6 Å². The third-order valence-corrected chi connectivity index (χ3v) is 7.17. The quantitative estimate of drug-likeness (QED) is 0.665. The summed E-state index contributed by atoms with van der Waals surface area (Å²) in [5, 5.41) is 2.89. The highest BCUT2D eigenvalue weighted by molar-refractivity contribution is 7.92. The van der Waals surface area contributed by atoms with Crippen LogP contribution in [0.1, 0.15) is 33.5 Å². The Hall–Kier alpha value is -3.12. The number of rotatable bonds is 4. The van der Waals surface area contributed by atoms with Gasteiger partial charge in [0.15, 0.2) is 0 Å². The van der Waals surface area contributed by atoms with Gasteiger partial charge in [-0.2, -0.15) is 0 Å². The van der Waals surface area contributed by atoms with Crippen molar-refractivity contribution in [3.8, 4) is 0 Å². The molecule has 0 radical (unpaired) electrons. The van der Waals surface area contributed by atoms with Crippen LogP contribution in [0.3, 0.4) is 0 Å². The van der Waals surface area contributed by atoms with Crippen molar-refractivity contribution >= 4 is 27.3 Å². The van der Waals surface area contributed by atoms with Gasteiger partial charge in [0.2, 0.25) is 0 Å². The van der Waals surface area contributed by atoms with Gasteiger partial charge in [-0.15, -0.1) is 0 Å². The van der Waals surface area contributed by atoms with Crippen LogP contribution in [0.25, 0.3) is 0 Å². The Labute approximate surface area is 177 Å². The lowest BCUT2D eigenvalue weighted by Crippen LogP contribution is -2.35. The molecule has 30 heavy (non-hydrogen) atoms. The van der Waals surface area contributed by atoms with Gasteiger partial charge in [-0.1, -0.05) is 41.5 Å². The van der Waals surface area contributed by atoms with E-state index in [4.69, 9.17) is 0 Å². The molecule has 0 bridgehead atoms. The summed E-state index contributed by atoms with van der Waals surface area (Å²) < 4.78 is 28.0. The Balaban J connectivity index is 1.65. The number of hydrogen-bond donors (Lipinski definition) is 1. The predicted molar refractivity (Wildman–Crippen MR) is 120 cm³/mol. The van der Waals surface area contributed by atoms with Crippen LogP contribution in [-0.2, 0) is 16.4 Å². The summed E-state index contributed by atoms with van der Waals surface area (Å²) in [4.78, 5) is 12.9. The zero-order valence-electron chi connectivity index (χ0n) is 17.1. The normalized spacial score (nSPS) is 13.6. The maximum absolute atomic E-state index is 13.3. The first-order chi connectivity index (χ1) is 14.3. The molecule has 5 nitrogen and oxygen atoms in total. The standard InChI is InChI=1S/C24H24N2O3S/c1-17-5-9-20(10-6-17)24(27)25-21-12-11-19-4-3-15-26(23(19)16-21)30(28,29)22-13-7-18(2)8-14-22/h5-14,16H,3-4,15H2,1-2H3,(H,25,27). The lowest BCUT2D eigenvalue weighted by molar-refractivity contribution is 0.102. The van der Waals surface area contributed by atoms with E-state index < -0.39 is 10.0 Å². The average molecular weight is 421 g/mol. The second-order valence-corrected chi connectivity index (χ2v) is 9.52. The van der Waals surface area contributed by atoms with E-state index in [1.54, 1.807) is 42.5 Å². The van der Waals surface area contributed by atoms with Gasteiger partial charge in [0.1, 0.15) is 0 Å². The average Bonchev–Trinajstić information content (AvgIpc) is 2.74. The van der Waals surface area contributed by atoms with E-state index >= 15 is 0 Å². The molecule has 0 aromatic heterocycles. The third kappa shape index (κ3) is 3.96. The first-order valence-corrected chi connectivity index (χ1v) is 11.4. The number of amides is 1. The fourth-order valence-corrected chi connectivity index (χ4v) is 5.15. The second kappa shape index (κ2) is 7.95. The van der Waals surface area contributed by atoms with Crippen LogP contribution < -0.4 is 9.62 Å². The van der Waals surface area contributed by atoms with E-state index in [9.17, 15) is 13.2 Å². The molecule has 0 atom stereocenters. The lowest BCUT2D eigenvalue weighted by atomic mass is 10.0. The molecular weight excluding hydrogens is 396 g/mol. The summed E-state index contributed by atoms with van der Waals surface area (Å²) in [5.74, 6) is -0.223. The molecule has 4 rings (SSSR count). The van der Waals surface area contributed by atoms with E-state index in [0.29, 0.717) is 23.5 Å². The molecule has 1 amide bonds. The number of fused-ring (bicyclic) bond motifs is 1. The minimum atomic E-state index is -3.67. The van der Waals surface area contributed by atoms with E-state index in [1.165, 1.54) is 4.31 Å². The van der Waals surface area contributed by atoms with Gasteiger partial charge >= 0.3 is 0 Å². The smallest absolute Gasteiger partial charge is 0.264 e. The van der Waals surface area contributed by atoms with Crippen molar-refractivity contribution < 1.29 is 13.2 Å². The highest BCUT2D eigenvalue weighted by atomic mass is 32.2. The monoisotopic (exact) mass is 420 g/mol. The maximum Gasteiger partial charge on any atom is 0.264 e. The van der Waals surface area contributed by atoms with Gasteiger partial charge in [-0.05, 0) is 68.7 Å². The van der Waals surface area contributed by atoms with Gasteiger partial charge in [-0.3, -0.25) is 9.10 Å². The SMILES string of the molecule is Cc1ccc(C(=O)Nc2ccc3c(c2)N(S(=O)(=O)c2ccc(C)cc2)CCC3)cc1. The molecule has 3 aromatic rings. The molecule has 0 saturated carbocycles. The Morgan fingerprint density at radius 1 is 0.900 bits per heavy atom. The molecule has 0 fully saturated rings. The summed E-state index contributed by atoms with van der Waals surface area (Å²) in [6.07, 6.45) is 1.56. The number of nitrogens with zero attached hydrogens (tertiary/aromatic N) is 1. The Morgan fingerprint density at radius 2 is 1.53 bits per heavy atom. The molecule has 1 aliphatic heterocycles. The molecule has 6 heteroatoms. The van der Waals surface area contributed by atoms with E-state index in [0.717, 1.165) is 29.5 Å².